The number of ether oxygens (including phenoxy) is 1. The number of hydrogen-bond acceptors (Lipinski definition) is 10. The highest BCUT2D eigenvalue weighted by Gasteiger charge is 2.37. The maximum atomic E-state index is 10.9. The molecule has 2 aliphatic carbocycles. The van der Waals surface area contributed by atoms with E-state index in [-0.39, 0.29) is 29.9 Å². The van der Waals surface area contributed by atoms with Crippen molar-refractivity contribution in [1.29, 1.82) is 0 Å². The largest absolute Gasteiger partial charge is 0.448 e. The molecule has 0 radical (unpaired) electrons. The molecule has 10 N–H and O–H groups in total. The van der Waals surface area contributed by atoms with Gasteiger partial charge in [-0.1, -0.05) is 51.4 Å². The molecule has 15 nitrogen and oxygen atoms in total. The molecule has 0 aromatic carbocycles. The predicted octanol–water partition coefficient (Wildman–Crippen LogP) is 2.33. The number of amides is 5. The first-order chi connectivity index (χ1) is 27.5. The Kier molecular flexibility index (Phi) is 27.5. The van der Waals surface area contributed by atoms with Crippen LogP contribution in [0.15, 0.2) is 0 Å². The van der Waals surface area contributed by atoms with Crippen LogP contribution in [0.3, 0.4) is 0 Å². The van der Waals surface area contributed by atoms with Gasteiger partial charge in [0, 0.05) is 51.6 Å². The second-order valence-corrected chi connectivity index (χ2v) is 16.1. The molecule has 4 atom stereocenters. The molecule has 0 aromatic rings. The highest BCUT2D eigenvalue weighted by atomic mass is 16.6. The number of alkyl carbamates (subject to hydrolysis) is 1. The third-order valence-electron chi connectivity index (χ3n) is 11.4. The van der Waals surface area contributed by atoms with Gasteiger partial charge in [0.05, 0.1) is 12.5 Å². The Morgan fingerprint density at radius 2 is 0.893 bits per heavy atom. The van der Waals surface area contributed by atoms with Crippen molar-refractivity contribution in [2.24, 2.45) is 23.7 Å². The number of urea groups is 1. The number of piperidine rings is 2. The van der Waals surface area contributed by atoms with E-state index in [2.05, 4.69) is 57.9 Å². The highest BCUT2D eigenvalue weighted by Crippen LogP contribution is 2.33. The normalized spacial score (nSPS) is 28.4. The Balaban J connectivity index is 0.000000170. The van der Waals surface area contributed by atoms with Crippen molar-refractivity contribution in [1.82, 2.24) is 53.2 Å². The van der Waals surface area contributed by atoms with E-state index in [1.807, 2.05) is 0 Å². The molecule has 2 saturated carbocycles. The Morgan fingerprint density at radius 3 is 1.20 bits per heavy atom. The van der Waals surface area contributed by atoms with Crippen molar-refractivity contribution < 1.29 is 23.9 Å². The molecule has 0 aromatic heterocycles. The standard InChI is InChI=1S/C7H13N.C6H10N2O.2C5H11N.C5H10.C4H7NO.C3H6N2O.C3H5NO2.C3H7N/c1-2-6-4-8-5-7(6)3-1;9-6-5-3-7-1-4(5)2-8-6;2*1-2-4-6-5-3-1;1-2-4-5-3-1;6-4-2-1-3-5-4;6-3-4-1-2-5-3;5-3-4-1-2-6-3;1-2-4-3-1/h6-8H,1-5H2;4-5,7H,1-3H2,(H,8,9);2*6H,1-5H2;1-5H2;1-3H2,(H,5,6);1-2H2,(H2,4,5,6);1-2H2,(H,4,5);4H,1-3H2. The van der Waals surface area contributed by atoms with E-state index in [9.17, 15) is 19.2 Å². The molecular formula is C41H80N10O5. The molecule has 4 unspecified atom stereocenters. The lowest BCUT2D eigenvalue weighted by molar-refractivity contribution is -0.122. The molecule has 56 heavy (non-hydrogen) atoms. The summed E-state index contributed by atoms with van der Waals surface area (Å²) >= 11 is 0. The van der Waals surface area contributed by atoms with E-state index in [4.69, 9.17) is 0 Å². The first-order valence-corrected chi connectivity index (χ1v) is 22.5. The lowest BCUT2D eigenvalue weighted by Gasteiger charge is -2.09. The van der Waals surface area contributed by atoms with E-state index in [0.29, 0.717) is 19.1 Å². The van der Waals surface area contributed by atoms with Crippen LogP contribution < -0.4 is 53.2 Å². The number of nitrogens with one attached hydrogen (secondary N) is 10. The van der Waals surface area contributed by atoms with Gasteiger partial charge in [0.25, 0.3) is 0 Å². The van der Waals surface area contributed by atoms with Gasteiger partial charge < -0.3 is 57.9 Å². The summed E-state index contributed by atoms with van der Waals surface area (Å²) in [4.78, 5) is 41.0. The van der Waals surface area contributed by atoms with Crippen LogP contribution in [0, 0.1) is 23.7 Å². The third-order valence-corrected chi connectivity index (χ3v) is 11.4. The lowest BCUT2D eigenvalue weighted by Crippen LogP contribution is -2.29. The van der Waals surface area contributed by atoms with Crippen LogP contribution in [0.25, 0.3) is 0 Å². The minimum atomic E-state index is -0.296. The van der Waals surface area contributed by atoms with Crippen LogP contribution in [0.4, 0.5) is 9.59 Å². The zero-order valence-electron chi connectivity index (χ0n) is 34.7. The molecule has 11 rings (SSSR count). The van der Waals surface area contributed by atoms with Crippen molar-refractivity contribution in [2.75, 3.05) is 105 Å². The Morgan fingerprint density at radius 1 is 0.393 bits per heavy atom. The molecule has 9 heterocycles. The van der Waals surface area contributed by atoms with Crippen molar-refractivity contribution in [3.8, 4) is 0 Å². The molecule has 11 aliphatic rings. The van der Waals surface area contributed by atoms with Gasteiger partial charge in [0.1, 0.15) is 6.61 Å². The molecule has 5 amide bonds. The first kappa shape index (κ1) is 47.7. The number of cyclic esters (lactones) is 1. The molecule has 9 saturated heterocycles. The zero-order valence-corrected chi connectivity index (χ0v) is 34.7. The van der Waals surface area contributed by atoms with Gasteiger partial charge in [-0.15, -0.1) is 0 Å². The van der Waals surface area contributed by atoms with Gasteiger partial charge in [0.15, 0.2) is 0 Å². The second-order valence-electron chi connectivity index (χ2n) is 16.1. The molecule has 0 bridgehead atoms. The van der Waals surface area contributed by atoms with Crippen molar-refractivity contribution >= 4 is 23.9 Å². The number of fused-ring (bicyclic) bond motifs is 2. The topological polar surface area (TPSA) is 198 Å². The van der Waals surface area contributed by atoms with Crippen molar-refractivity contribution in [3.05, 3.63) is 0 Å². The Bertz CT molecular complexity index is 902. The van der Waals surface area contributed by atoms with E-state index >= 15 is 0 Å². The maximum absolute atomic E-state index is 10.9. The number of carbonyl (C=O) groups excluding carboxylic acids is 4. The van der Waals surface area contributed by atoms with E-state index in [1.54, 1.807) is 0 Å². The molecule has 15 heteroatoms. The molecule has 9 aliphatic heterocycles. The van der Waals surface area contributed by atoms with Crippen molar-refractivity contribution in [2.45, 2.75) is 109 Å². The van der Waals surface area contributed by atoms with Gasteiger partial charge in [0.2, 0.25) is 11.8 Å². The van der Waals surface area contributed by atoms with Gasteiger partial charge in [-0.3, -0.25) is 9.59 Å². The summed E-state index contributed by atoms with van der Waals surface area (Å²) in [6.45, 7) is 16.5. The van der Waals surface area contributed by atoms with Crippen LogP contribution in [-0.2, 0) is 14.3 Å². The van der Waals surface area contributed by atoms with Gasteiger partial charge in [-0.05, 0) is 116 Å². The summed E-state index contributed by atoms with van der Waals surface area (Å²) < 4.78 is 4.40. The summed E-state index contributed by atoms with van der Waals surface area (Å²) in [7, 11) is 0. The fourth-order valence-electron chi connectivity index (χ4n) is 7.71. The summed E-state index contributed by atoms with van der Waals surface area (Å²) in [5.41, 5.74) is 0. The lowest BCUT2D eigenvalue weighted by atomic mass is 10.0. The van der Waals surface area contributed by atoms with Crippen LogP contribution in [0.1, 0.15) is 109 Å². The fraction of sp³-hybridized carbons (Fsp3) is 0.902. The number of carbonyl (C=O) groups is 4. The van der Waals surface area contributed by atoms with Crippen LogP contribution in [0.2, 0.25) is 0 Å². The summed E-state index contributed by atoms with van der Waals surface area (Å²) in [5.74, 6) is 3.44. The molecule has 324 valence electrons. The quantitative estimate of drug-likeness (QED) is 0.174. The Hall–Kier alpha value is -2.72. The predicted molar refractivity (Wildman–Crippen MR) is 224 cm³/mol. The average molecular weight is 793 g/mol. The highest BCUT2D eigenvalue weighted by molar-refractivity contribution is 5.81. The van der Waals surface area contributed by atoms with Crippen LogP contribution in [0.5, 0.6) is 0 Å². The summed E-state index contributed by atoms with van der Waals surface area (Å²) in [5, 5.41) is 29.4. The SMILES string of the molecule is C1CC2CNCC2C1.C1CCCC1.C1CCNCC1.C1CCNCC1.C1CNC1.O=C1CCCN1.O=C1NCC2CNCC12.O=C1NCCN1.O=C1NCCO1. The number of hydrogen-bond donors (Lipinski definition) is 10. The minimum absolute atomic E-state index is 0.0463. The van der Waals surface area contributed by atoms with E-state index in [1.165, 1.54) is 149 Å². The Labute approximate surface area is 338 Å². The second kappa shape index (κ2) is 32.3. The monoisotopic (exact) mass is 793 g/mol. The van der Waals surface area contributed by atoms with Crippen molar-refractivity contribution in [3.63, 3.8) is 0 Å². The zero-order chi connectivity index (χ0) is 39.7. The molecule has 0 spiro atoms. The van der Waals surface area contributed by atoms with Gasteiger partial charge in [-0.2, -0.15) is 0 Å². The minimum Gasteiger partial charge on any atom is -0.448 e. The van der Waals surface area contributed by atoms with Gasteiger partial charge >= 0.3 is 12.1 Å². The maximum Gasteiger partial charge on any atom is 0.407 e. The van der Waals surface area contributed by atoms with E-state index in [0.717, 1.165) is 63.9 Å². The summed E-state index contributed by atoms with van der Waals surface area (Å²) in [6, 6.07) is -0.0463. The average Bonchev–Trinajstić information content (AvgIpc) is 4.04. The summed E-state index contributed by atoms with van der Waals surface area (Å²) in [6.07, 6.45) is 23.3. The van der Waals surface area contributed by atoms with Gasteiger partial charge in [-0.25, -0.2) is 9.59 Å². The number of rotatable bonds is 0. The van der Waals surface area contributed by atoms with E-state index < -0.39 is 0 Å². The fourth-order valence-corrected chi connectivity index (χ4v) is 7.71. The first-order valence-electron chi connectivity index (χ1n) is 22.5. The molecule has 11 fully saturated rings. The smallest absolute Gasteiger partial charge is 0.407 e. The van der Waals surface area contributed by atoms with Crippen LogP contribution >= 0.6 is 0 Å². The third kappa shape index (κ3) is 23.5. The molecular weight excluding hydrogens is 713 g/mol. The van der Waals surface area contributed by atoms with Crippen LogP contribution in [-0.4, -0.2) is 129 Å².